The predicted molar refractivity (Wildman–Crippen MR) is 178 cm³/mol. The second kappa shape index (κ2) is 25.1. The first-order valence-electron chi connectivity index (χ1n) is 14.0. The Bertz CT molecular complexity index is 1140. The topological polar surface area (TPSA) is 68.0 Å². The van der Waals surface area contributed by atoms with E-state index in [2.05, 4.69) is 52.2 Å². The van der Waals surface area contributed by atoms with Gasteiger partial charge in [-0.05, 0) is 31.4 Å². The van der Waals surface area contributed by atoms with Gasteiger partial charge >= 0.3 is 5.97 Å². The largest absolute Gasteiger partial charge is 0.481 e. The fourth-order valence-electron chi connectivity index (χ4n) is 3.35. The van der Waals surface area contributed by atoms with E-state index in [0.29, 0.717) is 11.7 Å². The number of carbonyl (C=O) groups is 1. The molecule has 0 fully saturated rings. The van der Waals surface area contributed by atoms with Crippen molar-refractivity contribution in [2.45, 2.75) is 65.1 Å². The van der Waals surface area contributed by atoms with Crippen LogP contribution in [0.2, 0.25) is 0 Å². The van der Waals surface area contributed by atoms with Gasteiger partial charge in [0, 0.05) is 18.9 Å². The van der Waals surface area contributed by atoms with E-state index in [-0.39, 0.29) is 11.7 Å². The summed E-state index contributed by atoms with van der Waals surface area (Å²) in [6, 6.07) is 20.7. The van der Waals surface area contributed by atoms with Gasteiger partial charge in [-0.3, -0.25) is 4.79 Å². The number of aliphatic carboxylic acids is 1. The van der Waals surface area contributed by atoms with Gasteiger partial charge in [0.25, 0.3) is 0 Å². The smallest absolute Gasteiger partial charge is 0.313 e. The molecule has 41 heavy (non-hydrogen) atoms. The van der Waals surface area contributed by atoms with Crippen LogP contribution in [0.5, 0.6) is 0 Å². The molecule has 1 N–H and O–H groups in total. The molecule has 1 heterocycles. The minimum atomic E-state index is -0.856. The summed E-state index contributed by atoms with van der Waals surface area (Å²) < 4.78 is 2.05. The van der Waals surface area contributed by atoms with Crippen molar-refractivity contribution in [3.8, 4) is 0 Å². The van der Waals surface area contributed by atoms with E-state index in [9.17, 15) is 4.79 Å². The fraction of sp³-hybridized carbons (Fsp3) is 0.286. The number of hydrogen-bond acceptors (Lipinski definition) is 4. The number of carboxylic acids is 1. The molecule has 3 aromatic rings. The number of nitrogens with zero attached hydrogens (tertiary/aromatic N) is 3. The summed E-state index contributed by atoms with van der Waals surface area (Å²) >= 11 is 1.21. The maximum Gasteiger partial charge on any atom is 0.313 e. The maximum atomic E-state index is 10.9. The molecule has 6 heteroatoms. The second-order valence-corrected chi connectivity index (χ2v) is 9.10. The first-order valence-corrected chi connectivity index (χ1v) is 15.0. The van der Waals surface area contributed by atoms with Gasteiger partial charge in [-0.15, -0.1) is 16.8 Å². The lowest BCUT2D eigenvalue weighted by atomic mass is 9.91. The Morgan fingerprint density at radius 3 is 1.93 bits per heavy atom. The average Bonchev–Trinajstić information content (AvgIpc) is 3.42. The van der Waals surface area contributed by atoms with E-state index in [1.807, 2.05) is 114 Å². The van der Waals surface area contributed by atoms with Gasteiger partial charge in [-0.25, -0.2) is 0 Å². The summed E-state index contributed by atoms with van der Waals surface area (Å²) in [4.78, 5) is 10.9. The minimum absolute atomic E-state index is 0.0246. The lowest BCUT2D eigenvalue weighted by Gasteiger charge is -2.20. The molecule has 0 radical (unpaired) electrons. The highest BCUT2D eigenvalue weighted by atomic mass is 32.2. The van der Waals surface area contributed by atoms with Crippen molar-refractivity contribution in [2.75, 3.05) is 5.75 Å². The van der Waals surface area contributed by atoms with Crippen molar-refractivity contribution in [3.05, 3.63) is 139 Å². The van der Waals surface area contributed by atoms with E-state index >= 15 is 0 Å². The van der Waals surface area contributed by atoms with Crippen LogP contribution < -0.4 is 0 Å². The average molecular weight is 574 g/mol. The molecule has 0 atom stereocenters. The van der Waals surface area contributed by atoms with Crippen LogP contribution in [0.1, 0.15) is 63.9 Å². The summed E-state index contributed by atoms with van der Waals surface area (Å²) in [5.41, 5.74) is 2.42. The van der Waals surface area contributed by atoms with Crippen molar-refractivity contribution in [1.82, 2.24) is 14.8 Å². The monoisotopic (exact) mass is 573 g/mol. The Kier molecular flexibility index (Phi) is 22.7. The Labute approximate surface area is 252 Å². The number of carboxylic acid groups (broad SMARTS) is 1. The molecule has 2 aromatic carbocycles. The lowest BCUT2D eigenvalue weighted by Crippen LogP contribution is -2.14. The van der Waals surface area contributed by atoms with E-state index in [4.69, 9.17) is 5.11 Å². The molecule has 1 aromatic heterocycles. The SMILES string of the molecule is C/C=C\C.C=C/C=C\C=C/CC=C.CC.CCc1nnc(SCC(=O)O)n1CC(c1ccccc1)c1ccccc1. The van der Waals surface area contributed by atoms with Crippen LogP contribution in [-0.2, 0) is 17.8 Å². The van der Waals surface area contributed by atoms with E-state index in [0.717, 1.165) is 18.7 Å². The first-order chi connectivity index (χ1) is 20.0. The number of aromatic nitrogens is 3. The molecule has 3 rings (SSSR count). The Hall–Kier alpha value is -3.90. The summed E-state index contributed by atoms with van der Waals surface area (Å²) in [5, 5.41) is 18.1. The quantitative estimate of drug-likeness (QED) is 0.133. The van der Waals surface area contributed by atoms with Crippen LogP contribution in [0.3, 0.4) is 0 Å². The number of rotatable bonds is 12. The third-order valence-electron chi connectivity index (χ3n) is 5.33. The van der Waals surface area contributed by atoms with Gasteiger partial charge < -0.3 is 9.67 Å². The van der Waals surface area contributed by atoms with E-state index < -0.39 is 5.97 Å². The van der Waals surface area contributed by atoms with Crippen molar-refractivity contribution >= 4 is 17.7 Å². The van der Waals surface area contributed by atoms with Crippen LogP contribution in [0.4, 0.5) is 0 Å². The summed E-state index contributed by atoms with van der Waals surface area (Å²) in [6.45, 7) is 17.8. The highest BCUT2D eigenvalue weighted by molar-refractivity contribution is 7.99. The maximum absolute atomic E-state index is 10.9. The van der Waals surface area contributed by atoms with Gasteiger partial charge in [-0.1, -0.05) is 148 Å². The molecule has 0 unspecified atom stereocenters. The van der Waals surface area contributed by atoms with Gasteiger partial charge in [0.15, 0.2) is 5.16 Å². The van der Waals surface area contributed by atoms with Crippen LogP contribution in [0.15, 0.2) is 128 Å². The molecule has 220 valence electrons. The van der Waals surface area contributed by atoms with Gasteiger partial charge in [-0.2, -0.15) is 0 Å². The first kappa shape index (κ1) is 37.1. The number of hydrogen-bond donors (Lipinski definition) is 1. The van der Waals surface area contributed by atoms with Gasteiger partial charge in [0.2, 0.25) is 0 Å². The predicted octanol–water partition coefficient (Wildman–Crippen LogP) is 9.32. The normalized spacial score (nSPS) is 10.4. The standard InChI is InChI=1S/C20H21N3O2S.C9H12.C4H8.C2H6/c1-2-18-21-22-20(26-14-19(24)25)23(18)13-17(15-9-5-3-6-10-15)16-11-7-4-8-12-16;1-3-5-7-9-8-6-4-2;1-3-4-2;1-2/h3-12,17H,2,13-14H2,1H3,(H,24,25);3-5,7-9H,1-2,6H2;3-4H,1-2H3;1-2H3/b;7-5-,9-8-;4-3-;. The van der Waals surface area contributed by atoms with Crippen molar-refractivity contribution < 1.29 is 9.90 Å². The Morgan fingerprint density at radius 1 is 0.927 bits per heavy atom. The molecule has 0 amide bonds. The fourth-order valence-corrected chi connectivity index (χ4v) is 4.04. The number of allylic oxidation sites excluding steroid dienone is 8. The molecule has 0 aliphatic carbocycles. The highest BCUT2D eigenvalue weighted by Crippen LogP contribution is 2.29. The molecular formula is C35H47N3O2S. The Balaban J connectivity index is 0.000000889. The third-order valence-corrected chi connectivity index (χ3v) is 6.29. The van der Waals surface area contributed by atoms with Gasteiger partial charge in [0.05, 0.1) is 5.75 Å². The zero-order chi connectivity index (χ0) is 30.7. The van der Waals surface area contributed by atoms with E-state index in [1.165, 1.54) is 22.9 Å². The minimum Gasteiger partial charge on any atom is -0.481 e. The zero-order valence-corrected chi connectivity index (χ0v) is 26.1. The number of thioether (sulfide) groups is 1. The second-order valence-electron chi connectivity index (χ2n) is 8.16. The summed E-state index contributed by atoms with van der Waals surface area (Å²) in [7, 11) is 0. The van der Waals surface area contributed by atoms with Crippen molar-refractivity contribution in [2.24, 2.45) is 0 Å². The van der Waals surface area contributed by atoms with Crippen LogP contribution in [-0.4, -0.2) is 31.6 Å². The summed E-state index contributed by atoms with van der Waals surface area (Å²) in [5.74, 6) is 0.131. The van der Waals surface area contributed by atoms with Crippen LogP contribution in [0, 0.1) is 0 Å². The third kappa shape index (κ3) is 16.1. The highest BCUT2D eigenvalue weighted by Gasteiger charge is 2.20. The number of benzene rings is 2. The molecule has 0 saturated carbocycles. The number of aryl methyl sites for hydroxylation is 1. The van der Waals surface area contributed by atoms with Crippen LogP contribution >= 0.6 is 11.8 Å². The van der Waals surface area contributed by atoms with E-state index in [1.54, 1.807) is 6.08 Å². The lowest BCUT2D eigenvalue weighted by molar-refractivity contribution is -0.133. The molecule has 0 aliphatic rings. The zero-order valence-electron chi connectivity index (χ0n) is 25.3. The molecule has 0 bridgehead atoms. The molecule has 0 spiro atoms. The summed E-state index contributed by atoms with van der Waals surface area (Å²) in [6.07, 6.45) is 17.1. The Morgan fingerprint density at radius 2 is 1.49 bits per heavy atom. The van der Waals surface area contributed by atoms with Crippen molar-refractivity contribution in [3.63, 3.8) is 0 Å². The van der Waals surface area contributed by atoms with Gasteiger partial charge in [0.1, 0.15) is 5.82 Å². The molecular weight excluding hydrogens is 526 g/mol. The van der Waals surface area contributed by atoms with Crippen LogP contribution in [0.25, 0.3) is 0 Å². The molecule has 0 aliphatic heterocycles. The molecule has 5 nitrogen and oxygen atoms in total. The van der Waals surface area contributed by atoms with Crippen molar-refractivity contribution in [1.29, 1.82) is 0 Å². The molecule has 0 saturated heterocycles.